The fourth-order valence-corrected chi connectivity index (χ4v) is 1.57. The van der Waals surface area contributed by atoms with E-state index in [1.807, 2.05) is 6.92 Å². The summed E-state index contributed by atoms with van der Waals surface area (Å²) in [6, 6.07) is -1.46. The van der Waals surface area contributed by atoms with Crippen molar-refractivity contribution in [2.75, 3.05) is 32.8 Å². The average molecular weight is 242 g/mol. The van der Waals surface area contributed by atoms with E-state index in [1.54, 1.807) is 6.92 Å². The highest BCUT2D eigenvalue weighted by atomic mass is 19.4. The minimum Gasteiger partial charge on any atom is -0.380 e. The lowest BCUT2D eigenvalue weighted by Gasteiger charge is -2.31. The lowest BCUT2D eigenvalue weighted by atomic mass is 10.1. The van der Waals surface area contributed by atoms with E-state index in [-0.39, 0.29) is 19.5 Å². The van der Waals surface area contributed by atoms with Crippen LogP contribution in [0.25, 0.3) is 0 Å². The van der Waals surface area contributed by atoms with Gasteiger partial charge in [-0.05, 0) is 26.4 Å². The van der Waals surface area contributed by atoms with Gasteiger partial charge < -0.3 is 10.5 Å². The molecule has 0 bridgehead atoms. The monoisotopic (exact) mass is 242 g/mol. The van der Waals surface area contributed by atoms with Crippen LogP contribution in [0.5, 0.6) is 0 Å². The minimum atomic E-state index is -4.22. The normalized spacial score (nSPS) is 14.4. The molecule has 0 saturated carbocycles. The largest absolute Gasteiger partial charge is 0.404 e. The molecule has 1 atom stereocenters. The van der Waals surface area contributed by atoms with E-state index in [0.717, 1.165) is 0 Å². The number of alkyl halides is 3. The number of likely N-dealkylation sites (N-methyl/N-ethyl adjacent to an activating group) is 1. The van der Waals surface area contributed by atoms with Crippen LogP contribution in [0.2, 0.25) is 0 Å². The summed E-state index contributed by atoms with van der Waals surface area (Å²) in [6.45, 7) is 5.03. The molecule has 6 heteroatoms. The number of nitrogens with zero attached hydrogens (tertiary/aromatic N) is 1. The standard InChI is InChI=1S/C10H21F3N2O/c1-3-15(7-8-16-4-2)9(5-6-14)10(11,12)13/h9H,3-8,14H2,1-2H3. The molecular weight excluding hydrogens is 221 g/mol. The second kappa shape index (κ2) is 7.86. The fourth-order valence-electron chi connectivity index (χ4n) is 1.57. The maximum atomic E-state index is 12.7. The van der Waals surface area contributed by atoms with Crippen molar-refractivity contribution in [1.82, 2.24) is 4.90 Å². The van der Waals surface area contributed by atoms with Crippen molar-refractivity contribution in [3.63, 3.8) is 0 Å². The zero-order chi connectivity index (χ0) is 12.6. The Hall–Kier alpha value is -0.330. The predicted octanol–water partition coefficient (Wildman–Crippen LogP) is 1.62. The van der Waals surface area contributed by atoms with Gasteiger partial charge in [0.15, 0.2) is 0 Å². The van der Waals surface area contributed by atoms with Crippen LogP contribution in [0.1, 0.15) is 20.3 Å². The van der Waals surface area contributed by atoms with Gasteiger partial charge in [-0.15, -0.1) is 0 Å². The molecule has 0 aliphatic rings. The highest BCUT2D eigenvalue weighted by molar-refractivity contribution is 4.78. The van der Waals surface area contributed by atoms with Crippen LogP contribution in [0.15, 0.2) is 0 Å². The second-order valence-electron chi connectivity index (χ2n) is 3.46. The molecule has 1 unspecified atom stereocenters. The zero-order valence-electron chi connectivity index (χ0n) is 9.89. The lowest BCUT2D eigenvalue weighted by Crippen LogP contribution is -2.48. The summed E-state index contributed by atoms with van der Waals surface area (Å²) in [7, 11) is 0. The average Bonchev–Trinajstić information content (AvgIpc) is 2.20. The van der Waals surface area contributed by atoms with Crippen LogP contribution in [-0.2, 0) is 4.74 Å². The van der Waals surface area contributed by atoms with Crippen molar-refractivity contribution >= 4 is 0 Å². The van der Waals surface area contributed by atoms with Crippen LogP contribution >= 0.6 is 0 Å². The molecule has 0 aromatic carbocycles. The number of hydrogen-bond donors (Lipinski definition) is 1. The molecule has 0 rings (SSSR count). The van der Waals surface area contributed by atoms with Gasteiger partial charge in [-0.2, -0.15) is 13.2 Å². The number of hydrogen-bond acceptors (Lipinski definition) is 3. The Morgan fingerprint density at radius 3 is 2.31 bits per heavy atom. The van der Waals surface area contributed by atoms with E-state index in [2.05, 4.69) is 0 Å². The van der Waals surface area contributed by atoms with E-state index in [1.165, 1.54) is 4.90 Å². The zero-order valence-corrected chi connectivity index (χ0v) is 9.89. The van der Waals surface area contributed by atoms with Crippen molar-refractivity contribution in [2.45, 2.75) is 32.5 Å². The Labute approximate surface area is 94.7 Å². The van der Waals surface area contributed by atoms with Crippen molar-refractivity contribution < 1.29 is 17.9 Å². The highest BCUT2D eigenvalue weighted by Gasteiger charge is 2.42. The summed E-state index contributed by atoms with van der Waals surface area (Å²) in [5, 5.41) is 0. The summed E-state index contributed by atoms with van der Waals surface area (Å²) < 4.78 is 43.2. The van der Waals surface area contributed by atoms with Gasteiger partial charge in [-0.1, -0.05) is 6.92 Å². The molecule has 0 aromatic rings. The Balaban J connectivity index is 4.34. The molecule has 0 radical (unpaired) electrons. The first kappa shape index (κ1) is 15.7. The molecule has 3 nitrogen and oxygen atoms in total. The predicted molar refractivity (Wildman–Crippen MR) is 57.3 cm³/mol. The van der Waals surface area contributed by atoms with Crippen LogP contribution in [-0.4, -0.2) is 50.0 Å². The van der Waals surface area contributed by atoms with E-state index in [4.69, 9.17) is 10.5 Å². The molecule has 0 fully saturated rings. The Morgan fingerprint density at radius 1 is 1.31 bits per heavy atom. The van der Waals surface area contributed by atoms with Gasteiger partial charge in [0, 0.05) is 13.2 Å². The van der Waals surface area contributed by atoms with Gasteiger partial charge in [-0.3, -0.25) is 4.90 Å². The van der Waals surface area contributed by atoms with E-state index in [0.29, 0.717) is 19.8 Å². The van der Waals surface area contributed by atoms with E-state index in [9.17, 15) is 13.2 Å². The van der Waals surface area contributed by atoms with Crippen molar-refractivity contribution in [2.24, 2.45) is 5.73 Å². The van der Waals surface area contributed by atoms with Crippen molar-refractivity contribution in [3.8, 4) is 0 Å². The van der Waals surface area contributed by atoms with Gasteiger partial charge in [0.1, 0.15) is 6.04 Å². The SMILES string of the molecule is CCOCCN(CC)C(CCN)C(F)(F)F. The number of nitrogens with two attached hydrogens (primary N) is 1. The molecule has 0 heterocycles. The quantitative estimate of drug-likeness (QED) is 0.657. The number of halogens is 3. The van der Waals surface area contributed by atoms with E-state index >= 15 is 0 Å². The minimum absolute atomic E-state index is 0.0370. The molecule has 0 amide bonds. The van der Waals surface area contributed by atoms with E-state index < -0.39 is 12.2 Å². The lowest BCUT2D eigenvalue weighted by molar-refractivity contribution is -0.185. The third-order valence-electron chi connectivity index (χ3n) is 2.39. The van der Waals surface area contributed by atoms with Crippen LogP contribution in [0, 0.1) is 0 Å². The first-order chi connectivity index (χ1) is 7.47. The summed E-state index contributed by atoms with van der Waals surface area (Å²) in [4.78, 5) is 1.36. The van der Waals surface area contributed by atoms with Crippen LogP contribution in [0.3, 0.4) is 0 Å². The van der Waals surface area contributed by atoms with Crippen molar-refractivity contribution in [1.29, 1.82) is 0 Å². The summed E-state index contributed by atoms with van der Waals surface area (Å²) in [6.07, 6.45) is -4.29. The van der Waals surface area contributed by atoms with Crippen LogP contribution in [0.4, 0.5) is 13.2 Å². The Bertz CT molecular complexity index is 176. The van der Waals surface area contributed by atoms with Gasteiger partial charge in [-0.25, -0.2) is 0 Å². The molecule has 0 aromatic heterocycles. The van der Waals surface area contributed by atoms with Gasteiger partial charge >= 0.3 is 6.18 Å². The Kier molecular flexibility index (Phi) is 7.70. The molecule has 0 aliphatic carbocycles. The second-order valence-corrected chi connectivity index (χ2v) is 3.46. The molecular formula is C10H21F3N2O. The number of rotatable bonds is 8. The van der Waals surface area contributed by atoms with Gasteiger partial charge in [0.2, 0.25) is 0 Å². The Morgan fingerprint density at radius 2 is 1.94 bits per heavy atom. The smallest absolute Gasteiger partial charge is 0.380 e. The van der Waals surface area contributed by atoms with Gasteiger partial charge in [0.25, 0.3) is 0 Å². The van der Waals surface area contributed by atoms with Crippen LogP contribution < -0.4 is 5.73 Å². The summed E-state index contributed by atoms with van der Waals surface area (Å²) in [5.41, 5.74) is 5.22. The molecule has 98 valence electrons. The first-order valence-corrected chi connectivity index (χ1v) is 5.55. The third kappa shape index (κ3) is 5.67. The summed E-state index contributed by atoms with van der Waals surface area (Å²) in [5.74, 6) is 0. The fraction of sp³-hybridized carbons (Fsp3) is 1.00. The molecule has 0 spiro atoms. The molecule has 2 N–H and O–H groups in total. The first-order valence-electron chi connectivity index (χ1n) is 5.55. The molecule has 0 aliphatic heterocycles. The highest BCUT2D eigenvalue weighted by Crippen LogP contribution is 2.26. The maximum absolute atomic E-state index is 12.7. The third-order valence-corrected chi connectivity index (χ3v) is 2.39. The molecule has 16 heavy (non-hydrogen) atoms. The molecule has 0 saturated heterocycles. The van der Waals surface area contributed by atoms with Gasteiger partial charge in [0.05, 0.1) is 6.61 Å². The maximum Gasteiger partial charge on any atom is 0.404 e. The number of ether oxygens (including phenoxy) is 1. The summed E-state index contributed by atoms with van der Waals surface area (Å²) >= 11 is 0. The van der Waals surface area contributed by atoms with Crippen molar-refractivity contribution in [3.05, 3.63) is 0 Å². The topological polar surface area (TPSA) is 38.5 Å².